The highest BCUT2D eigenvalue weighted by Gasteiger charge is 2.19. The summed E-state index contributed by atoms with van der Waals surface area (Å²) in [6.45, 7) is 6.45. The molecule has 0 atom stereocenters. The second kappa shape index (κ2) is 22.3. The van der Waals surface area contributed by atoms with Crippen molar-refractivity contribution in [3.05, 3.63) is 165 Å². The lowest BCUT2D eigenvalue weighted by Gasteiger charge is -2.23. The normalized spacial score (nSPS) is 12.2. The first-order chi connectivity index (χ1) is 34.0. The number of carbonyl (C=O) groups is 1. The SMILES string of the molecule is Cc1cc2ncc(C#N)c(Nc3ccc(OCc4ccccn4)c(Cl)c3)c2cc1N.Cc1cc2ncc(C#N)c(Nc3ccc(OCc4ncccc4C)c(Cl)c3)c2cc1NC(=O)NC1CCCCC1. The maximum atomic E-state index is 12.8. The predicted molar refractivity (Wildman–Crippen MR) is 277 cm³/mol. The minimum absolute atomic E-state index is 0.197. The third-order valence-corrected chi connectivity index (χ3v) is 12.5. The highest BCUT2D eigenvalue weighted by molar-refractivity contribution is 6.32. The first-order valence-corrected chi connectivity index (χ1v) is 23.4. The number of nitrogens with zero attached hydrogens (tertiary/aromatic N) is 6. The molecule has 0 spiro atoms. The van der Waals surface area contributed by atoms with Gasteiger partial charge in [0, 0.05) is 64.4 Å². The van der Waals surface area contributed by atoms with E-state index < -0.39 is 0 Å². The number of nitrogen functional groups attached to an aromatic ring is 1. The van der Waals surface area contributed by atoms with Gasteiger partial charge in [-0.25, -0.2) is 4.79 Å². The fourth-order valence-electron chi connectivity index (χ4n) is 8.00. The lowest BCUT2D eigenvalue weighted by molar-refractivity contribution is 0.244. The Labute approximate surface area is 415 Å². The minimum atomic E-state index is -0.225. The van der Waals surface area contributed by atoms with Crippen molar-refractivity contribution in [2.45, 2.75) is 72.1 Å². The molecule has 9 rings (SSSR count). The van der Waals surface area contributed by atoms with Crippen LogP contribution in [0.25, 0.3) is 21.8 Å². The van der Waals surface area contributed by atoms with Gasteiger partial charge in [0.25, 0.3) is 0 Å². The summed E-state index contributed by atoms with van der Waals surface area (Å²) in [5.41, 5.74) is 16.7. The number of nitrogens with two attached hydrogens (primary N) is 1. The third-order valence-electron chi connectivity index (χ3n) is 11.9. The third kappa shape index (κ3) is 11.7. The maximum absolute atomic E-state index is 12.8. The first-order valence-electron chi connectivity index (χ1n) is 22.6. The molecule has 0 aliphatic heterocycles. The number of halogens is 2. The van der Waals surface area contributed by atoms with E-state index in [1.165, 1.54) is 6.42 Å². The monoisotopic (exact) mass is 969 g/mol. The number of ether oxygens (including phenoxy) is 2. The summed E-state index contributed by atoms with van der Waals surface area (Å²) < 4.78 is 11.7. The Balaban J connectivity index is 0.000000196. The van der Waals surface area contributed by atoms with E-state index in [0.29, 0.717) is 90.9 Å². The molecule has 4 aromatic carbocycles. The van der Waals surface area contributed by atoms with E-state index in [4.69, 9.17) is 38.4 Å². The summed E-state index contributed by atoms with van der Waals surface area (Å²) in [6.07, 6.45) is 12.0. The molecule has 0 saturated heterocycles. The number of carbonyl (C=O) groups excluding carboxylic acids is 1. The van der Waals surface area contributed by atoms with Gasteiger partial charge in [0.1, 0.15) is 36.9 Å². The number of pyridine rings is 4. The van der Waals surface area contributed by atoms with E-state index in [0.717, 1.165) is 64.7 Å². The lowest BCUT2D eigenvalue weighted by atomic mass is 9.96. The zero-order chi connectivity index (χ0) is 49.1. The minimum Gasteiger partial charge on any atom is -0.486 e. The van der Waals surface area contributed by atoms with Crippen LogP contribution in [0.4, 0.5) is 38.9 Å². The van der Waals surface area contributed by atoms with E-state index in [1.54, 1.807) is 49.1 Å². The van der Waals surface area contributed by atoms with Crippen LogP contribution < -0.4 is 36.5 Å². The molecule has 16 heteroatoms. The first kappa shape index (κ1) is 48.3. The van der Waals surface area contributed by atoms with Crippen molar-refractivity contribution in [2.75, 3.05) is 21.7 Å². The summed E-state index contributed by atoms with van der Waals surface area (Å²) in [6, 6.07) is 32.1. The highest BCUT2D eigenvalue weighted by Crippen LogP contribution is 2.37. The average Bonchev–Trinajstić information content (AvgIpc) is 3.36. The predicted octanol–water partition coefficient (Wildman–Crippen LogP) is 12.9. The average molecular weight is 971 g/mol. The van der Waals surface area contributed by atoms with Gasteiger partial charge in [0.15, 0.2) is 0 Å². The Morgan fingerprint density at radius 3 is 1.87 bits per heavy atom. The number of aryl methyl sites for hydroxylation is 3. The number of nitriles is 2. The fraction of sp³-hybridized carbons (Fsp3) is 0.204. The second-order valence-corrected chi connectivity index (χ2v) is 17.7. The van der Waals surface area contributed by atoms with Gasteiger partial charge in [0.2, 0.25) is 0 Å². The standard InChI is InChI=1S/C31H31ClN6O2.C23H18ClN5O/c1-19-7-6-12-34-28(19)18-40-29-11-10-23(14-25(29)32)36-30-21(16-33)17-35-27-13-20(2)26(15-24(27)30)38-31(39)37-22-8-4-3-5-9-22;1-14-8-21-18(10-20(14)26)23(15(11-25)12-28-21)29-16-5-6-22(19(24)9-16)30-13-17-4-2-3-7-27-17/h6-7,10-15,17,22H,3-5,8-9,18H2,1-2H3,(H,35,36)(H2,37,38,39);2-10,12H,13,26H2,1H3,(H,28,29). The van der Waals surface area contributed by atoms with Gasteiger partial charge in [0.05, 0.1) is 55.0 Å². The van der Waals surface area contributed by atoms with Crippen LogP contribution in [0.2, 0.25) is 10.0 Å². The Morgan fingerprint density at radius 2 is 1.29 bits per heavy atom. The van der Waals surface area contributed by atoms with Crippen LogP contribution in [0, 0.1) is 43.4 Å². The zero-order valence-electron chi connectivity index (χ0n) is 38.7. The van der Waals surface area contributed by atoms with Gasteiger partial charge >= 0.3 is 6.03 Å². The largest absolute Gasteiger partial charge is 0.486 e. The molecule has 1 aliphatic rings. The molecule has 0 radical (unpaired) electrons. The Kier molecular flexibility index (Phi) is 15.4. The molecule has 8 aromatic rings. The van der Waals surface area contributed by atoms with Crippen molar-refractivity contribution in [3.8, 4) is 23.6 Å². The van der Waals surface area contributed by atoms with Crippen LogP contribution in [0.5, 0.6) is 11.5 Å². The summed E-state index contributed by atoms with van der Waals surface area (Å²) in [4.78, 5) is 30.2. The van der Waals surface area contributed by atoms with E-state index in [-0.39, 0.29) is 12.1 Å². The quantitative estimate of drug-likeness (QED) is 0.0725. The molecule has 6 N–H and O–H groups in total. The number of amides is 2. The summed E-state index contributed by atoms with van der Waals surface area (Å²) in [7, 11) is 0. The van der Waals surface area contributed by atoms with E-state index in [1.807, 2.05) is 87.5 Å². The number of hydrogen-bond donors (Lipinski definition) is 5. The highest BCUT2D eigenvalue weighted by atomic mass is 35.5. The Bertz CT molecular complexity index is 3300. The molecular formula is C54H49Cl2N11O3. The van der Waals surface area contributed by atoms with Gasteiger partial charge in [-0.15, -0.1) is 0 Å². The van der Waals surface area contributed by atoms with E-state index in [2.05, 4.69) is 53.3 Å². The molecule has 2 amide bonds. The number of rotatable bonds is 12. The van der Waals surface area contributed by atoms with Crippen LogP contribution in [-0.4, -0.2) is 32.0 Å². The second-order valence-electron chi connectivity index (χ2n) is 16.9. The molecule has 70 heavy (non-hydrogen) atoms. The van der Waals surface area contributed by atoms with Crippen LogP contribution in [-0.2, 0) is 13.2 Å². The molecular weight excluding hydrogens is 922 g/mol. The maximum Gasteiger partial charge on any atom is 0.319 e. The number of nitrogens with one attached hydrogen (secondary N) is 4. The van der Waals surface area contributed by atoms with Crippen molar-refractivity contribution >= 4 is 85.2 Å². The van der Waals surface area contributed by atoms with Crippen LogP contribution in [0.3, 0.4) is 0 Å². The molecule has 4 heterocycles. The van der Waals surface area contributed by atoms with Crippen molar-refractivity contribution in [1.82, 2.24) is 25.3 Å². The summed E-state index contributed by atoms with van der Waals surface area (Å²) >= 11 is 13.0. The van der Waals surface area contributed by atoms with Gasteiger partial charge < -0.3 is 36.5 Å². The Morgan fingerprint density at radius 1 is 0.686 bits per heavy atom. The van der Waals surface area contributed by atoms with E-state index in [9.17, 15) is 15.3 Å². The van der Waals surface area contributed by atoms with Gasteiger partial charge in [-0.3, -0.25) is 19.9 Å². The molecule has 4 aromatic heterocycles. The summed E-state index contributed by atoms with van der Waals surface area (Å²) in [5, 5.41) is 34.4. The van der Waals surface area contributed by atoms with Gasteiger partial charge in [-0.2, -0.15) is 10.5 Å². The fourth-order valence-corrected chi connectivity index (χ4v) is 8.47. The smallest absolute Gasteiger partial charge is 0.319 e. The number of benzene rings is 4. The van der Waals surface area contributed by atoms with Crippen LogP contribution in [0.1, 0.15) is 71.3 Å². The number of anilines is 6. The Hall–Kier alpha value is -8.17. The van der Waals surface area contributed by atoms with Crippen LogP contribution >= 0.6 is 23.2 Å². The van der Waals surface area contributed by atoms with E-state index >= 15 is 0 Å². The van der Waals surface area contributed by atoms with Crippen molar-refractivity contribution < 1.29 is 14.3 Å². The van der Waals surface area contributed by atoms with Crippen molar-refractivity contribution in [3.63, 3.8) is 0 Å². The van der Waals surface area contributed by atoms with Crippen LogP contribution in [0.15, 0.2) is 116 Å². The molecule has 1 aliphatic carbocycles. The van der Waals surface area contributed by atoms with Gasteiger partial charge in [-0.1, -0.05) is 54.6 Å². The number of fused-ring (bicyclic) bond motifs is 2. The number of hydrogen-bond acceptors (Lipinski definition) is 12. The molecule has 0 bridgehead atoms. The number of aromatic nitrogens is 4. The summed E-state index contributed by atoms with van der Waals surface area (Å²) in [5.74, 6) is 1.08. The van der Waals surface area contributed by atoms with Crippen molar-refractivity contribution in [1.29, 1.82) is 10.5 Å². The number of urea groups is 1. The zero-order valence-corrected chi connectivity index (χ0v) is 40.2. The lowest BCUT2D eigenvalue weighted by Crippen LogP contribution is -2.39. The molecule has 352 valence electrons. The molecule has 1 saturated carbocycles. The topological polar surface area (TPSA) is 209 Å². The van der Waals surface area contributed by atoms with Crippen molar-refractivity contribution in [2.24, 2.45) is 0 Å². The molecule has 0 unspecified atom stereocenters. The molecule has 1 fully saturated rings. The molecule has 14 nitrogen and oxygen atoms in total. The van der Waals surface area contributed by atoms with Gasteiger partial charge in [-0.05, 0) is 129 Å².